The topological polar surface area (TPSA) is 122 Å². The number of rotatable bonds is 1. The van der Waals surface area contributed by atoms with Gasteiger partial charge in [-0.2, -0.15) is 4.98 Å². The summed E-state index contributed by atoms with van der Waals surface area (Å²) in [4.78, 5) is 31.7. The normalized spacial score (nSPS) is 10.4. The van der Waals surface area contributed by atoms with Crippen LogP contribution in [0.25, 0.3) is 11.0 Å². The third-order valence-electron chi connectivity index (χ3n) is 1.84. The average Bonchev–Trinajstić information content (AvgIpc) is 2.15. The van der Waals surface area contributed by atoms with E-state index >= 15 is 0 Å². The van der Waals surface area contributed by atoms with Gasteiger partial charge in [-0.15, -0.1) is 0 Å². The fraction of sp³-hybridized carbons (Fsp3) is 0. The SMILES string of the molecule is Nc1ncc2cc(C(=O)O)c(=O)[nH]c2n1. The molecule has 2 rings (SSSR count). The minimum atomic E-state index is -1.30. The Bertz CT molecular complexity index is 604. The number of anilines is 1. The molecule has 4 N–H and O–H groups in total. The summed E-state index contributed by atoms with van der Waals surface area (Å²) in [5.74, 6) is -1.28. The highest BCUT2D eigenvalue weighted by Gasteiger charge is 2.10. The van der Waals surface area contributed by atoms with E-state index in [0.29, 0.717) is 5.39 Å². The molecule has 0 aliphatic carbocycles. The van der Waals surface area contributed by atoms with Crippen molar-refractivity contribution in [3.63, 3.8) is 0 Å². The molecule has 0 aliphatic heterocycles. The zero-order valence-corrected chi connectivity index (χ0v) is 7.39. The third-order valence-corrected chi connectivity index (χ3v) is 1.84. The molecule has 76 valence electrons. The van der Waals surface area contributed by atoms with Crippen molar-refractivity contribution < 1.29 is 9.90 Å². The van der Waals surface area contributed by atoms with Crippen LogP contribution in [0, 0.1) is 0 Å². The lowest BCUT2D eigenvalue weighted by molar-refractivity contribution is 0.0695. The second-order valence-electron chi connectivity index (χ2n) is 2.85. The molecule has 0 saturated heterocycles. The van der Waals surface area contributed by atoms with Crippen LogP contribution in [0.2, 0.25) is 0 Å². The first-order valence-electron chi connectivity index (χ1n) is 3.97. The van der Waals surface area contributed by atoms with Gasteiger partial charge in [0.05, 0.1) is 0 Å². The van der Waals surface area contributed by atoms with Gasteiger partial charge < -0.3 is 15.8 Å². The Morgan fingerprint density at radius 1 is 1.53 bits per heavy atom. The van der Waals surface area contributed by atoms with Crippen LogP contribution in [-0.4, -0.2) is 26.0 Å². The first kappa shape index (κ1) is 9.13. The van der Waals surface area contributed by atoms with Crippen molar-refractivity contribution >= 4 is 23.0 Å². The van der Waals surface area contributed by atoms with Crippen molar-refractivity contribution in [2.75, 3.05) is 5.73 Å². The number of hydrogen-bond acceptors (Lipinski definition) is 5. The van der Waals surface area contributed by atoms with Gasteiger partial charge in [0.1, 0.15) is 11.2 Å². The van der Waals surface area contributed by atoms with E-state index in [1.165, 1.54) is 12.3 Å². The molecular formula is C8H6N4O3. The maximum atomic E-state index is 11.2. The molecule has 0 fully saturated rings. The fourth-order valence-corrected chi connectivity index (χ4v) is 1.17. The average molecular weight is 206 g/mol. The zero-order valence-electron chi connectivity index (χ0n) is 7.39. The smallest absolute Gasteiger partial charge is 0.341 e. The van der Waals surface area contributed by atoms with E-state index in [2.05, 4.69) is 15.0 Å². The van der Waals surface area contributed by atoms with Crippen LogP contribution in [0.4, 0.5) is 5.95 Å². The molecule has 0 amide bonds. The predicted molar refractivity (Wildman–Crippen MR) is 51.5 cm³/mol. The number of nitrogens with one attached hydrogen (secondary N) is 1. The number of carbonyl (C=O) groups is 1. The van der Waals surface area contributed by atoms with Crippen molar-refractivity contribution in [1.29, 1.82) is 0 Å². The molecule has 7 nitrogen and oxygen atoms in total. The Balaban J connectivity index is 2.82. The second-order valence-corrected chi connectivity index (χ2v) is 2.85. The van der Waals surface area contributed by atoms with Gasteiger partial charge in [-0.3, -0.25) is 4.79 Å². The Hall–Kier alpha value is -2.44. The fourth-order valence-electron chi connectivity index (χ4n) is 1.17. The maximum Gasteiger partial charge on any atom is 0.341 e. The lowest BCUT2D eigenvalue weighted by atomic mass is 10.2. The highest BCUT2D eigenvalue weighted by molar-refractivity contribution is 5.91. The summed E-state index contributed by atoms with van der Waals surface area (Å²) in [6, 6.07) is 1.20. The van der Waals surface area contributed by atoms with Crippen molar-refractivity contribution in [3.8, 4) is 0 Å². The van der Waals surface area contributed by atoms with Crippen LogP contribution in [0.1, 0.15) is 10.4 Å². The first-order chi connectivity index (χ1) is 7.08. The molecule has 2 aromatic heterocycles. The Morgan fingerprint density at radius 2 is 2.27 bits per heavy atom. The number of nitrogen functional groups attached to an aromatic ring is 1. The number of H-pyrrole nitrogens is 1. The standard InChI is InChI=1S/C8H6N4O3/c9-8-10-2-3-1-4(7(14)15)6(13)11-5(3)12-8/h1-2H,(H,14,15)(H3,9,10,11,12,13). The van der Waals surface area contributed by atoms with Crippen molar-refractivity contribution in [2.24, 2.45) is 0 Å². The van der Waals surface area contributed by atoms with Gasteiger partial charge in [0.15, 0.2) is 0 Å². The number of pyridine rings is 1. The van der Waals surface area contributed by atoms with E-state index < -0.39 is 11.5 Å². The Labute approximate surface area is 82.6 Å². The van der Waals surface area contributed by atoms with E-state index in [4.69, 9.17) is 10.8 Å². The molecule has 0 unspecified atom stereocenters. The summed E-state index contributed by atoms with van der Waals surface area (Å²) in [5, 5.41) is 9.11. The van der Waals surface area contributed by atoms with Crippen molar-refractivity contribution in [2.45, 2.75) is 0 Å². The molecule has 0 bridgehead atoms. The number of aromatic carboxylic acids is 1. The Morgan fingerprint density at radius 3 is 2.93 bits per heavy atom. The molecule has 0 aliphatic rings. The molecule has 0 saturated carbocycles. The molecule has 0 radical (unpaired) electrons. The molecular weight excluding hydrogens is 200 g/mol. The second kappa shape index (κ2) is 3.05. The van der Waals surface area contributed by atoms with Gasteiger partial charge in [0.2, 0.25) is 5.95 Å². The lowest BCUT2D eigenvalue weighted by Crippen LogP contribution is -2.17. The highest BCUT2D eigenvalue weighted by atomic mass is 16.4. The van der Waals surface area contributed by atoms with Crippen LogP contribution in [-0.2, 0) is 0 Å². The highest BCUT2D eigenvalue weighted by Crippen LogP contribution is 2.08. The summed E-state index contributed by atoms with van der Waals surface area (Å²) < 4.78 is 0. The summed E-state index contributed by atoms with van der Waals surface area (Å²) in [6.07, 6.45) is 1.35. The van der Waals surface area contributed by atoms with Crippen LogP contribution < -0.4 is 11.3 Å². The minimum absolute atomic E-state index is 0.0150. The number of fused-ring (bicyclic) bond motifs is 1. The molecule has 7 heteroatoms. The number of hydrogen-bond donors (Lipinski definition) is 3. The zero-order chi connectivity index (χ0) is 11.0. The lowest BCUT2D eigenvalue weighted by Gasteiger charge is -1.98. The largest absolute Gasteiger partial charge is 0.477 e. The van der Waals surface area contributed by atoms with Crippen LogP contribution in [0.3, 0.4) is 0 Å². The first-order valence-corrected chi connectivity index (χ1v) is 3.97. The van der Waals surface area contributed by atoms with Gasteiger partial charge in [0.25, 0.3) is 5.56 Å². The molecule has 15 heavy (non-hydrogen) atoms. The number of carboxylic acids is 1. The number of aromatic amines is 1. The van der Waals surface area contributed by atoms with E-state index in [1.807, 2.05) is 0 Å². The number of nitrogens with two attached hydrogens (primary N) is 1. The summed E-state index contributed by atoms with van der Waals surface area (Å²) >= 11 is 0. The van der Waals surface area contributed by atoms with E-state index in [9.17, 15) is 9.59 Å². The number of carboxylic acid groups (broad SMARTS) is 1. The number of nitrogens with zero attached hydrogens (tertiary/aromatic N) is 2. The van der Waals surface area contributed by atoms with Crippen LogP contribution in [0.5, 0.6) is 0 Å². The van der Waals surface area contributed by atoms with Gasteiger partial charge in [0, 0.05) is 11.6 Å². The molecule has 0 aromatic carbocycles. The van der Waals surface area contributed by atoms with Gasteiger partial charge in [-0.05, 0) is 6.07 Å². The number of aromatic nitrogens is 3. The summed E-state index contributed by atoms with van der Waals surface area (Å²) in [5.41, 5.74) is 4.47. The molecule has 0 spiro atoms. The Kier molecular flexibility index (Phi) is 1.86. The maximum absolute atomic E-state index is 11.2. The van der Waals surface area contributed by atoms with Gasteiger partial charge in [-0.1, -0.05) is 0 Å². The van der Waals surface area contributed by atoms with E-state index in [-0.39, 0.29) is 17.2 Å². The van der Waals surface area contributed by atoms with Crippen LogP contribution >= 0.6 is 0 Å². The minimum Gasteiger partial charge on any atom is -0.477 e. The molecule has 2 aromatic rings. The predicted octanol–water partition coefficient (Wildman–Crippen LogP) is -0.402. The van der Waals surface area contributed by atoms with Crippen molar-refractivity contribution in [3.05, 3.63) is 28.2 Å². The van der Waals surface area contributed by atoms with Gasteiger partial charge >= 0.3 is 5.97 Å². The third kappa shape index (κ3) is 1.50. The van der Waals surface area contributed by atoms with Crippen LogP contribution in [0.15, 0.2) is 17.1 Å². The summed E-state index contributed by atoms with van der Waals surface area (Å²) in [7, 11) is 0. The van der Waals surface area contributed by atoms with E-state index in [1.54, 1.807) is 0 Å². The molecule has 0 atom stereocenters. The molecule has 2 heterocycles. The van der Waals surface area contributed by atoms with E-state index in [0.717, 1.165) is 0 Å². The van der Waals surface area contributed by atoms with Gasteiger partial charge in [-0.25, -0.2) is 9.78 Å². The summed E-state index contributed by atoms with van der Waals surface area (Å²) in [6.45, 7) is 0. The monoisotopic (exact) mass is 206 g/mol. The quantitative estimate of drug-likeness (QED) is 0.583. The van der Waals surface area contributed by atoms with Crippen molar-refractivity contribution in [1.82, 2.24) is 15.0 Å².